The van der Waals surface area contributed by atoms with Gasteiger partial charge in [-0.1, -0.05) is 64.4 Å². The molecular weight excluding hydrogens is 575 g/mol. The van der Waals surface area contributed by atoms with Crippen molar-refractivity contribution in [2.24, 2.45) is 5.92 Å². The summed E-state index contributed by atoms with van der Waals surface area (Å²) >= 11 is 0. The fourth-order valence-electron chi connectivity index (χ4n) is 5.99. The van der Waals surface area contributed by atoms with Gasteiger partial charge in [0.2, 0.25) is 5.91 Å². The molecule has 44 heavy (non-hydrogen) atoms. The molecule has 0 aromatic heterocycles. The molecule has 3 aliphatic rings. The third-order valence-electron chi connectivity index (χ3n) is 8.32. The summed E-state index contributed by atoms with van der Waals surface area (Å²) < 4.78 is 51.7. The molecule has 1 amide bonds. The van der Waals surface area contributed by atoms with Crippen LogP contribution in [0.25, 0.3) is 0 Å². The largest absolute Gasteiger partial charge is 0.492 e. The maximum absolute atomic E-state index is 13.5. The number of hydrazine groups is 1. The van der Waals surface area contributed by atoms with Crippen LogP contribution in [0.3, 0.4) is 0 Å². The number of esters is 1. The van der Waals surface area contributed by atoms with Crippen molar-refractivity contribution < 1.29 is 32.2 Å². The Bertz CT molecular complexity index is 1100. The highest BCUT2D eigenvalue weighted by Crippen LogP contribution is 2.30. The molecule has 0 bridgehead atoms. The average Bonchev–Trinajstić information content (AvgIpc) is 3.35. The highest BCUT2D eigenvalue weighted by atomic mass is 19.4. The van der Waals surface area contributed by atoms with Crippen molar-refractivity contribution in [2.75, 3.05) is 39.4 Å². The zero-order chi connectivity index (χ0) is 31.4. The van der Waals surface area contributed by atoms with Crippen molar-refractivity contribution in [3.05, 3.63) is 41.7 Å². The van der Waals surface area contributed by atoms with E-state index < -0.39 is 30.5 Å². The smallest absolute Gasteiger partial charge is 0.406 e. The molecule has 2 N–H and O–H groups in total. The van der Waals surface area contributed by atoms with Crippen LogP contribution in [0.4, 0.5) is 13.2 Å². The lowest BCUT2D eigenvalue weighted by Gasteiger charge is -2.37. The summed E-state index contributed by atoms with van der Waals surface area (Å²) in [6.45, 7) is 3.55. The van der Waals surface area contributed by atoms with E-state index in [9.17, 15) is 22.8 Å². The molecule has 0 radical (unpaired) electrons. The molecule has 2 unspecified atom stereocenters. The summed E-state index contributed by atoms with van der Waals surface area (Å²) in [5.41, 5.74) is 4.62. The molecule has 1 aromatic carbocycles. The summed E-state index contributed by atoms with van der Waals surface area (Å²) in [6, 6.07) is 5.28. The van der Waals surface area contributed by atoms with Crippen molar-refractivity contribution >= 4 is 11.9 Å². The van der Waals surface area contributed by atoms with Gasteiger partial charge < -0.3 is 19.3 Å². The van der Waals surface area contributed by atoms with Gasteiger partial charge in [-0.3, -0.25) is 19.9 Å². The number of nitrogens with one attached hydrogen (secondary N) is 2. The Balaban J connectivity index is 1.27. The molecule has 3 aliphatic heterocycles. The molecule has 1 aromatic rings. The van der Waals surface area contributed by atoms with Gasteiger partial charge in [-0.05, 0) is 36.1 Å². The quantitative estimate of drug-likeness (QED) is 0.184. The number of ether oxygens (including phenoxy) is 2. The lowest BCUT2D eigenvalue weighted by molar-refractivity contribution is -0.165. The minimum Gasteiger partial charge on any atom is -0.492 e. The fourth-order valence-corrected chi connectivity index (χ4v) is 5.99. The van der Waals surface area contributed by atoms with Gasteiger partial charge in [0, 0.05) is 32.0 Å². The van der Waals surface area contributed by atoms with Crippen LogP contribution in [0.15, 0.2) is 30.6 Å². The van der Waals surface area contributed by atoms with Crippen molar-refractivity contribution in [3.63, 3.8) is 0 Å². The van der Waals surface area contributed by atoms with Crippen LogP contribution < -0.4 is 15.5 Å². The van der Waals surface area contributed by atoms with Crippen LogP contribution in [0.2, 0.25) is 0 Å². The predicted octanol–water partition coefficient (Wildman–Crippen LogP) is 5.07. The number of benzene rings is 1. The molecular formula is C32H48F3N5O4. The van der Waals surface area contributed by atoms with Crippen LogP contribution in [-0.2, 0) is 27.3 Å². The fraction of sp³-hybridized carbons (Fsp3) is 0.688. The van der Waals surface area contributed by atoms with E-state index in [0.717, 1.165) is 42.8 Å². The third kappa shape index (κ3) is 10.6. The molecule has 246 valence electrons. The second kappa shape index (κ2) is 16.9. The van der Waals surface area contributed by atoms with E-state index in [-0.39, 0.29) is 32.3 Å². The van der Waals surface area contributed by atoms with Crippen LogP contribution in [0, 0.1) is 5.92 Å². The van der Waals surface area contributed by atoms with Crippen molar-refractivity contribution in [2.45, 2.75) is 96.6 Å². The number of hydrogen-bond acceptors (Lipinski definition) is 8. The molecule has 0 saturated carbocycles. The number of unbranched alkanes of at least 4 members (excludes halogenated alkanes) is 8. The first-order valence-electron chi connectivity index (χ1n) is 16.2. The number of carbonyl (C=O) groups is 2. The molecule has 3 heterocycles. The number of rotatable bonds is 17. The molecule has 4 rings (SSSR count). The van der Waals surface area contributed by atoms with Gasteiger partial charge in [0.25, 0.3) is 0 Å². The number of alkyl halides is 3. The van der Waals surface area contributed by atoms with Gasteiger partial charge in [0.05, 0.1) is 25.5 Å². The summed E-state index contributed by atoms with van der Waals surface area (Å²) in [5.74, 6) is -1.62. The van der Waals surface area contributed by atoms with Crippen molar-refractivity contribution in [1.29, 1.82) is 0 Å². The molecule has 1 saturated heterocycles. The van der Waals surface area contributed by atoms with E-state index >= 15 is 0 Å². The second-order valence-corrected chi connectivity index (χ2v) is 11.9. The standard InChI is InChI=1S/C32H48F3N5O4/c1-2-3-4-5-6-7-8-9-10-18-44-29(41)22-26-20-25-11-12-28(21-27(25)23-39(30(26)42)24-32(33,34)35)43-19-17-38-15-16-40-31(38)36-13-14-37-40/h11-12,15-16,21,26,31,36-37H,2-10,13-14,17-20,22-24H2,1H3. The van der Waals surface area contributed by atoms with Gasteiger partial charge in [-0.2, -0.15) is 13.2 Å². The number of amides is 1. The molecule has 1 fully saturated rings. The van der Waals surface area contributed by atoms with Crippen LogP contribution >= 0.6 is 0 Å². The Morgan fingerprint density at radius 1 is 0.977 bits per heavy atom. The molecule has 0 spiro atoms. The summed E-state index contributed by atoms with van der Waals surface area (Å²) in [7, 11) is 0. The topological polar surface area (TPSA) is 86.4 Å². The lowest BCUT2D eigenvalue weighted by Crippen LogP contribution is -2.60. The minimum atomic E-state index is -4.56. The van der Waals surface area contributed by atoms with Gasteiger partial charge in [-0.15, -0.1) is 0 Å². The summed E-state index contributed by atoms with van der Waals surface area (Å²) in [5, 5.41) is 5.40. The van der Waals surface area contributed by atoms with Gasteiger partial charge in [0.1, 0.15) is 18.9 Å². The van der Waals surface area contributed by atoms with Crippen LogP contribution in [0.1, 0.15) is 82.3 Å². The minimum absolute atomic E-state index is 0.00932. The van der Waals surface area contributed by atoms with Gasteiger partial charge in [-0.25, -0.2) is 5.43 Å². The van der Waals surface area contributed by atoms with E-state index in [4.69, 9.17) is 9.47 Å². The number of fused-ring (bicyclic) bond motifs is 2. The number of carbonyl (C=O) groups excluding carboxylic acids is 2. The Hall–Kier alpha value is -2.99. The van der Waals surface area contributed by atoms with E-state index in [1.54, 1.807) is 18.2 Å². The van der Waals surface area contributed by atoms with Crippen molar-refractivity contribution in [3.8, 4) is 5.75 Å². The maximum atomic E-state index is 13.5. The first-order valence-corrected chi connectivity index (χ1v) is 16.2. The SMILES string of the molecule is CCCCCCCCCCCOC(=O)CC1Cc2ccc(OCCN3C=CN4NCCNC34)cc2CN(CC(F)(F)F)C1=O. The third-order valence-corrected chi connectivity index (χ3v) is 8.32. The zero-order valence-corrected chi connectivity index (χ0v) is 25.9. The van der Waals surface area contributed by atoms with Gasteiger partial charge in [0.15, 0.2) is 6.29 Å². The Morgan fingerprint density at radius 2 is 1.73 bits per heavy atom. The zero-order valence-electron chi connectivity index (χ0n) is 25.9. The number of nitrogens with zero attached hydrogens (tertiary/aromatic N) is 3. The number of hydrogen-bond donors (Lipinski definition) is 2. The Morgan fingerprint density at radius 3 is 2.48 bits per heavy atom. The molecule has 2 atom stereocenters. The van der Waals surface area contributed by atoms with E-state index in [1.165, 1.54) is 38.5 Å². The summed E-state index contributed by atoms with van der Waals surface area (Å²) in [4.78, 5) is 28.8. The summed E-state index contributed by atoms with van der Waals surface area (Å²) in [6.07, 6.45) is 9.52. The Labute approximate surface area is 259 Å². The molecule has 9 nitrogen and oxygen atoms in total. The molecule has 12 heteroatoms. The van der Waals surface area contributed by atoms with Crippen molar-refractivity contribution in [1.82, 2.24) is 25.6 Å². The normalized spacial score (nSPS) is 20.0. The lowest BCUT2D eigenvalue weighted by atomic mass is 9.94. The average molecular weight is 624 g/mol. The van der Waals surface area contributed by atoms with Crippen LogP contribution in [-0.4, -0.2) is 78.5 Å². The maximum Gasteiger partial charge on any atom is 0.406 e. The highest BCUT2D eigenvalue weighted by Gasteiger charge is 2.38. The van der Waals surface area contributed by atoms with E-state index in [1.807, 2.05) is 17.4 Å². The predicted molar refractivity (Wildman–Crippen MR) is 161 cm³/mol. The van der Waals surface area contributed by atoms with E-state index in [2.05, 4.69) is 22.6 Å². The molecule has 0 aliphatic carbocycles. The number of halogens is 3. The Kier molecular flexibility index (Phi) is 13.0. The second-order valence-electron chi connectivity index (χ2n) is 11.9. The first kappa shape index (κ1) is 33.9. The highest BCUT2D eigenvalue weighted by molar-refractivity contribution is 5.84. The van der Waals surface area contributed by atoms with Crippen LogP contribution in [0.5, 0.6) is 5.75 Å². The monoisotopic (exact) mass is 623 g/mol. The van der Waals surface area contributed by atoms with E-state index in [0.29, 0.717) is 24.5 Å². The van der Waals surface area contributed by atoms with Gasteiger partial charge >= 0.3 is 12.1 Å². The first-order chi connectivity index (χ1) is 21.2.